The van der Waals surface area contributed by atoms with Crippen molar-refractivity contribution in [2.24, 2.45) is 0 Å². The van der Waals surface area contributed by atoms with Crippen LogP contribution in [-0.2, 0) is 6.18 Å². The summed E-state index contributed by atoms with van der Waals surface area (Å²) < 4.78 is 36.8. The zero-order valence-corrected chi connectivity index (χ0v) is 6.92. The molecule has 0 aliphatic heterocycles. The molecule has 2 aromatic heterocycles. The van der Waals surface area contributed by atoms with Gasteiger partial charge in [-0.05, 0) is 12.1 Å². The van der Waals surface area contributed by atoms with E-state index < -0.39 is 11.7 Å². The van der Waals surface area contributed by atoms with Crippen molar-refractivity contribution >= 4 is 10.9 Å². The molecule has 0 saturated heterocycles. The van der Waals surface area contributed by atoms with Crippen molar-refractivity contribution in [3.8, 4) is 0 Å². The Morgan fingerprint density at radius 2 is 1.93 bits per heavy atom. The summed E-state index contributed by atoms with van der Waals surface area (Å²) in [5, 5.41) is 0.391. The van der Waals surface area contributed by atoms with Crippen LogP contribution in [0.15, 0.2) is 30.7 Å². The Labute approximate surface area is 77.4 Å². The molecule has 0 aromatic carbocycles. The molecule has 14 heavy (non-hydrogen) atoms. The maximum Gasteiger partial charge on any atom is 0.417 e. The van der Waals surface area contributed by atoms with Crippen LogP contribution in [0.5, 0.6) is 0 Å². The average molecular weight is 198 g/mol. The summed E-state index contributed by atoms with van der Waals surface area (Å²) in [5.74, 6) is 0. The summed E-state index contributed by atoms with van der Waals surface area (Å²) in [6.07, 6.45) is -0.681. The van der Waals surface area contributed by atoms with Crippen molar-refractivity contribution in [2.75, 3.05) is 0 Å². The summed E-state index contributed by atoms with van der Waals surface area (Å²) in [4.78, 5) is 7.42. The van der Waals surface area contributed by atoms with Gasteiger partial charge in [-0.2, -0.15) is 13.2 Å². The predicted octanol–water partition coefficient (Wildman–Crippen LogP) is 2.65. The SMILES string of the molecule is FC(F)(F)c1cnc2ccncc2c1. The molecular weight excluding hydrogens is 193 g/mol. The van der Waals surface area contributed by atoms with E-state index in [1.807, 2.05) is 0 Å². The summed E-state index contributed by atoms with van der Waals surface area (Å²) in [6, 6.07) is 2.60. The molecule has 0 unspecified atom stereocenters. The van der Waals surface area contributed by atoms with Gasteiger partial charge in [-0.25, -0.2) is 0 Å². The Kier molecular flexibility index (Phi) is 1.87. The minimum absolute atomic E-state index is 0.391. The average Bonchev–Trinajstić information content (AvgIpc) is 2.16. The first-order chi connectivity index (χ1) is 6.57. The zero-order valence-electron chi connectivity index (χ0n) is 6.92. The molecule has 0 amide bonds. The molecule has 0 radical (unpaired) electrons. The van der Waals surface area contributed by atoms with Crippen LogP contribution in [0.3, 0.4) is 0 Å². The number of hydrogen-bond donors (Lipinski definition) is 0. The number of fused-ring (bicyclic) bond motifs is 1. The van der Waals surface area contributed by atoms with Crippen LogP contribution in [0.25, 0.3) is 10.9 Å². The number of aromatic nitrogens is 2. The zero-order chi connectivity index (χ0) is 10.2. The van der Waals surface area contributed by atoms with Crippen LogP contribution in [0.1, 0.15) is 5.56 Å². The largest absolute Gasteiger partial charge is 0.417 e. The van der Waals surface area contributed by atoms with Crippen LogP contribution in [0.4, 0.5) is 13.2 Å². The number of pyridine rings is 2. The first kappa shape index (κ1) is 8.93. The molecule has 2 rings (SSSR count). The molecule has 5 heteroatoms. The lowest BCUT2D eigenvalue weighted by atomic mass is 10.2. The molecule has 0 aliphatic carbocycles. The second kappa shape index (κ2) is 2.94. The third-order valence-electron chi connectivity index (χ3n) is 1.81. The molecule has 0 atom stereocenters. The van der Waals surface area contributed by atoms with E-state index in [9.17, 15) is 13.2 Å². The normalized spacial score (nSPS) is 11.9. The highest BCUT2D eigenvalue weighted by Gasteiger charge is 2.30. The Balaban J connectivity index is 2.63. The minimum atomic E-state index is -4.35. The molecule has 2 nitrogen and oxygen atoms in total. The standard InChI is InChI=1S/C9H5F3N2/c10-9(11,12)7-3-6-4-13-2-1-8(6)14-5-7/h1-5H. The lowest BCUT2D eigenvalue weighted by Crippen LogP contribution is -2.05. The van der Waals surface area contributed by atoms with Crippen LogP contribution >= 0.6 is 0 Å². The van der Waals surface area contributed by atoms with E-state index in [-0.39, 0.29) is 0 Å². The van der Waals surface area contributed by atoms with Crippen molar-refractivity contribution in [3.63, 3.8) is 0 Å². The summed E-state index contributed by atoms with van der Waals surface area (Å²) in [5.41, 5.74) is -0.244. The second-order valence-corrected chi connectivity index (χ2v) is 2.79. The summed E-state index contributed by atoms with van der Waals surface area (Å²) in [6.45, 7) is 0. The summed E-state index contributed by atoms with van der Waals surface area (Å²) in [7, 11) is 0. The highest BCUT2D eigenvalue weighted by atomic mass is 19.4. The quantitative estimate of drug-likeness (QED) is 0.650. The maximum absolute atomic E-state index is 12.3. The molecule has 0 N–H and O–H groups in total. The van der Waals surface area contributed by atoms with E-state index in [0.717, 1.165) is 12.3 Å². The monoisotopic (exact) mass is 198 g/mol. The van der Waals surface area contributed by atoms with Crippen LogP contribution in [-0.4, -0.2) is 9.97 Å². The van der Waals surface area contributed by atoms with E-state index in [4.69, 9.17) is 0 Å². The number of rotatable bonds is 0. The van der Waals surface area contributed by atoms with E-state index >= 15 is 0 Å². The molecular formula is C9H5F3N2. The van der Waals surface area contributed by atoms with E-state index in [1.54, 1.807) is 6.07 Å². The van der Waals surface area contributed by atoms with Gasteiger partial charge in [-0.15, -0.1) is 0 Å². The minimum Gasteiger partial charge on any atom is -0.264 e. The van der Waals surface area contributed by atoms with Crippen molar-refractivity contribution in [3.05, 3.63) is 36.3 Å². The van der Waals surface area contributed by atoms with Gasteiger partial charge in [-0.1, -0.05) is 0 Å². The van der Waals surface area contributed by atoms with Gasteiger partial charge in [0.2, 0.25) is 0 Å². The van der Waals surface area contributed by atoms with Crippen molar-refractivity contribution in [1.29, 1.82) is 0 Å². The van der Waals surface area contributed by atoms with Gasteiger partial charge >= 0.3 is 6.18 Å². The van der Waals surface area contributed by atoms with Gasteiger partial charge in [0.05, 0.1) is 11.1 Å². The molecule has 0 spiro atoms. The van der Waals surface area contributed by atoms with Gasteiger partial charge in [0.15, 0.2) is 0 Å². The van der Waals surface area contributed by atoms with Crippen molar-refractivity contribution in [2.45, 2.75) is 6.18 Å². The Morgan fingerprint density at radius 3 is 2.64 bits per heavy atom. The molecule has 0 fully saturated rings. The van der Waals surface area contributed by atoms with E-state index in [0.29, 0.717) is 10.9 Å². The third kappa shape index (κ3) is 1.53. The second-order valence-electron chi connectivity index (χ2n) is 2.79. The van der Waals surface area contributed by atoms with Gasteiger partial charge < -0.3 is 0 Å². The number of alkyl halides is 3. The smallest absolute Gasteiger partial charge is 0.264 e. The highest BCUT2D eigenvalue weighted by Crippen LogP contribution is 2.29. The lowest BCUT2D eigenvalue weighted by molar-refractivity contribution is -0.137. The van der Waals surface area contributed by atoms with Gasteiger partial charge in [-0.3, -0.25) is 9.97 Å². The fourth-order valence-electron chi connectivity index (χ4n) is 1.13. The van der Waals surface area contributed by atoms with Crippen molar-refractivity contribution < 1.29 is 13.2 Å². The van der Waals surface area contributed by atoms with Crippen LogP contribution in [0.2, 0.25) is 0 Å². The lowest BCUT2D eigenvalue weighted by Gasteiger charge is -2.06. The fraction of sp³-hybridized carbons (Fsp3) is 0.111. The molecule has 0 saturated carbocycles. The summed E-state index contributed by atoms with van der Waals surface area (Å²) >= 11 is 0. The maximum atomic E-state index is 12.3. The molecule has 2 heterocycles. The van der Waals surface area contributed by atoms with Crippen LogP contribution < -0.4 is 0 Å². The van der Waals surface area contributed by atoms with E-state index in [1.165, 1.54) is 12.4 Å². The fourth-order valence-corrected chi connectivity index (χ4v) is 1.13. The number of halogens is 3. The van der Waals surface area contributed by atoms with Gasteiger partial charge in [0.1, 0.15) is 0 Å². The molecule has 72 valence electrons. The van der Waals surface area contributed by atoms with Gasteiger partial charge in [0, 0.05) is 24.0 Å². The molecule has 0 bridgehead atoms. The first-order valence-corrected chi connectivity index (χ1v) is 3.84. The molecule has 0 aliphatic rings. The Bertz CT molecular complexity index is 465. The highest BCUT2D eigenvalue weighted by molar-refractivity contribution is 5.77. The van der Waals surface area contributed by atoms with E-state index in [2.05, 4.69) is 9.97 Å². The Morgan fingerprint density at radius 1 is 1.14 bits per heavy atom. The number of nitrogens with zero attached hydrogens (tertiary/aromatic N) is 2. The predicted molar refractivity (Wildman–Crippen MR) is 44.5 cm³/mol. The topological polar surface area (TPSA) is 25.8 Å². The van der Waals surface area contributed by atoms with Crippen molar-refractivity contribution in [1.82, 2.24) is 9.97 Å². The van der Waals surface area contributed by atoms with Crippen LogP contribution in [0, 0.1) is 0 Å². The van der Waals surface area contributed by atoms with Gasteiger partial charge in [0.25, 0.3) is 0 Å². The third-order valence-corrected chi connectivity index (χ3v) is 1.81. The Hall–Kier alpha value is -1.65. The number of hydrogen-bond acceptors (Lipinski definition) is 2. The molecule has 2 aromatic rings. The first-order valence-electron chi connectivity index (χ1n) is 3.84.